The molecule has 3 rings (SSSR count). The molecule has 0 aliphatic carbocycles. The molecule has 0 saturated carbocycles. The highest BCUT2D eigenvalue weighted by Crippen LogP contribution is 2.16. The van der Waals surface area contributed by atoms with Gasteiger partial charge < -0.3 is 21.5 Å². The molecule has 7 nitrogen and oxygen atoms in total. The summed E-state index contributed by atoms with van der Waals surface area (Å²) < 4.78 is 0. The average molecular weight is 448 g/mol. The van der Waals surface area contributed by atoms with E-state index in [2.05, 4.69) is 10.6 Å². The Bertz CT molecular complexity index is 1100. The topological polar surface area (TPSA) is 122 Å². The van der Waals surface area contributed by atoms with E-state index in [1.54, 1.807) is 12.1 Å². The normalized spacial score (nSPS) is 12.6. The Morgan fingerprint density at radius 3 is 2.21 bits per heavy atom. The van der Waals surface area contributed by atoms with Crippen molar-refractivity contribution in [2.45, 2.75) is 37.8 Å². The zero-order chi connectivity index (χ0) is 23.6. The first-order valence-electron chi connectivity index (χ1n) is 11.0. The Hall–Kier alpha value is -3.71. The van der Waals surface area contributed by atoms with E-state index in [1.165, 1.54) is 0 Å². The number of aliphatic carboxylic acids is 1. The number of fused-ring (bicyclic) bond motifs is 1. The van der Waals surface area contributed by atoms with E-state index in [-0.39, 0.29) is 18.7 Å². The number of amides is 2. The highest BCUT2D eigenvalue weighted by molar-refractivity contribution is 5.91. The van der Waals surface area contributed by atoms with E-state index in [0.29, 0.717) is 19.4 Å². The average Bonchev–Trinajstić information content (AvgIpc) is 2.81. The minimum atomic E-state index is -1.13. The molecule has 0 aliphatic rings. The van der Waals surface area contributed by atoms with Gasteiger partial charge in [0.25, 0.3) is 0 Å². The van der Waals surface area contributed by atoms with Gasteiger partial charge in [-0.1, -0.05) is 72.8 Å². The van der Waals surface area contributed by atoms with E-state index in [1.807, 2.05) is 60.7 Å². The van der Waals surface area contributed by atoms with Crippen molar-refractivity contribution in [2.75, 3.05) is 6.54 Å². The summed E-state index contributed by atoms with van der Waals surface area (Å²) in [6.07, 6.45) is 1.11. The van der Waals surface area contributed by atoms with E-state index in [4.69, 9.17) is 5.73 Å². The molecular weight excluding hydrogens is 418 g/mol. The van der Waals surface area contributed by atoms with Gasteiger partial charge in [0.2, 0.25) is 11.8 Å². The van der Waals surface area contributed by atoms with Gasteiger partial charge in [-0.15, -0.1) is 0 Å². The van der Waals surface area contributed by atoms with Crippen molar-refractivity contribution in [3.05, 3.63) is 83.9 Å². The lowest BCUT2D eigenvalue weighted by Gasteiger charge is -2.21. The van der Waals surface area contributed by atoms with Crippen molar-refractivity contribution in [3.8, 4) is 0 Å². The predicted octanol–water partition coefficient (Wildman–Crippen LogP) is 2.42. The number of carbonyl (C=O) groups excluding carboxylic acids is 2. The number of carbonyl (C=O) groups is 3. The summed E-state index contributed by atoms with van der Waals surface area (Å²) >= 11 is 0. The first kappa shape index (κ1) is 23.9. The second-order valence-corrected chi connectivity index (χ2v) is 8.00. The Morgan fingerprint density at radius 1 is 0.818 bits per heavy atom. The maximum Gasteiger partial charge on any atom is 0.326 e. The maximum absolute atomic E-state index is 12.9. The van der Waals surface area contributed by atoms with E-state index >= 15 is 0 Å². The van der Waals surface area contributed by atoms with E-state index in [0.717, 1.165) is 21.9 Å². The standard InChI is InChI=1S/C26H29N3O4/c27-14-6-11-22(25(31)29-23(26(32)33)16-18-7-2-1-3-8-18)28-24(30)17-19-12-13-20-9-4-5-10-21(20)15-19/h1-5,7-10,12-13,15,22-23H,6,11,14,16-17,27H2,(H,28,30)(H,29,31)(H,32,33)/t22-,23-/m0/s1. The monoisotopic (exact) mass is 447 g/mol. The minimum absolute atomic E-state index is 0.115. The molecule has 5 N–H and O–H groups in total. The van der Waals surface area contributed by atoms with Crippen LogP contribution >= 0.6 is 0 Å². The van der Waals surface area contributed by atoms with Crippen LogP contribution in [0.2, 0.25) is 0 Å². The lowest BCUT2D eigenvalue weighted by molar-refractivity contribution is -0.142. The van der Waals surface area contributed by atoms with Gasteiger partial charge in [0, 0.05) is 6.42 Å². The zero-order valence-electron chi connectivity index (χ0n) is 18.4. The van der Waals surface area contributed by atoms with Crippen molar-refractivity contribution < 1.29 is 19.5 Å². The zero-order valence-corrected chi connectivity index (χ0v) is 18.4. The quantitative estimate of drug-likeness (QED) is 0.360. The number of hydrogen-bond donors (Lipinski definition) is 4. The summed E-state index contributed by atoms with van der Waals surface area (Å²) in [5, 5.41) is 17.0. The third-order valence-corrected chi connectivity index (χ3v) is 5.42. The largest absolute Gasteiger partial charge is 0.480 e. The fourth-order valence-corrected chi connectivity index (χ4v) is 3.69. The number of nitrogens with one attached hydrogen (secondary N) is 2. The summed E-state index contributed by atoms with van der Waals surface area (Å²) in [5.74, 6) is -1.97. The van der Waals surface area contributed by atoms with Gasteiger partial charge in [0.1, 0.15) is 12.1 Å². The number of rotatable bonds is 11. The molecule has 2 atom stereocenters. The Balaban J connectivity index is 1.65. The maximum atomic E-state index is 12.9. The van der Waals surface area contributed by atoms with Gasteiger partial charge in [-0.25, -0.2) is 4.79 Å². The highest BCUT2D eigenvalue weighted by atomic mass is 16.4. The summed E-state index contributed by atoms with van der Waals surface area (Å²) in [5.41, 5.74) is 7.22. The molecule has 0 aromatic heterocycles. The highest BCUT2D eigenvalue weighted by Gasteiger charge is 2.26. The van der Waals surface area contributed by atoms with Crippen LogP contribution in [0.1, 0.15) is 24.0 Å². The molecule has 3 aromatic rings. The van der Waals surface area contributed by atoms with Crippen molar-refractivity contribution in [3.63, 3.8) is 0 Å². The smallest absolute Gasteiger partial charge is 0.326 e. The first-order valence-corrected chi connectivity index (χ1v) is 11.0. The molecule has 3 aromatic carbocycles. The SMILES string of the molecule is NCCC[C@H](NC(=O)Cc1ccc2ccccc2c1)C(=O)N[C@@H](Cc1ccccc1)C(=O)O. The van der Waals surface area contributed by atoms with Crippen molar-refractivity contribution in [1.29, 1.82) is 0 Å². The van der Waals surface area contributed by atoms with E-state index in [9.17, 15) is 19.5 Å². The van der Waals surface area contributed by atoms with Gasteiger partial charge >= 0.3 is 5.97 Å². The number of carboxylic acids is 1. The Labute approximate surface area is 193 Å². The number of carboxylic acid groups (broad SMARTS) is 1. The first-order chi connectivity index (χ1) is 16.0. The van der Waals surface area contributed by atoms with Crippen LogP contribution in [0.3, 0.4) is 0 Å². The predicted molar refractivity (Wildman–Crippen MR) is 128 cm³/mol. The third kappa shape index (κ3) is 7.15. The molecule has 0 fully saturated rings. The fourth-order valence-electron chi connectivity index (χ4n) is 3.69. The van der Waals surface area contributed by atoms with Crippen LogP contribution in [0.25, 0.3) is 10.8 Å². The lowest BCUT2D eigenvalue weighted by atomic mass is 10.0. The summed E-state index contributed by atoms with van der Waals surface area (Å²) in [4.78, 5) is 37.3. The number of benzene rings is 3. The van der Waals surface area contributed by atoms with Crippen LogP contribution in [0, 0.1) is 0 Å². The number of hydrogen-bond acceptors (Lipinski definition) is 4. The van der Waals surface area contributed by atoms with Gasteiger partial charge in [0.15, 0.2) is 0 Å². The van der Waals surface area contributed by atoms with Gasteiger partial charge in [-0.2, -0.15) is 0 Å². The molecule has 0 unspecified atom stereocenters. The Kier molecular flexibility index (Phi) is 8.55. The van der Waals surface area contributed by atoms with Crippen molar-refractivity contribution in [1.82, 2.24) is 10.6 Å². The molecule has 0 bridgehead atoms. The van der Waals surface area contributed by atoms with E-state index < -0.39 is 24.0 Å². The van der Waals surface area contributed by atoms with Gasteiger partial charge in [-0.05, 0) is 41.3 Å². The second kappa shape index (κ2) is 11.8. The van der Waals surface area contributed by atoms with Gasteiger partial charge in [0.05, 0.1) is 6.42 Å². The second-order valence-electron chi connectivity index (χ2n) is 8.00. The molecule has 172 valence electrons. The molecule has 0 heterocycles. The molecular formula is C26H29N3O4. The molecule has 0 aliphatic heterocycles. The summed E-state index contributed by atoms with van der Waals surface area (Å²) in [6, 6.07) is 20.8. The van der Waals surface area contributed by atoms with Crippen LogP contribution in [0.5, 0.6) is 0 Å². The third-order valence-electron chi connectivity index (χ3n) is 5.42. The molecule has 0 saturated heterocycles. The lowest BCUT2D eigenvalue weighted by Crippen LogP contribution is -2.52. The van der Waals surface area contributed by atoms with Crippen molar-refractivity contribution in [2.24, 2.45) is 5.73 Å². The molecule has 2 amide bonds. The number of nitrogens with two attached hydrogens (primary N) is 1. The van der Waals surface area contributed by atoms with Crippen LogP contribution in [0.4, 0.5) is 0 Å². The molecule has 7 heteroatoms. The van der Waals surface area contributed by atoms with Gasteiger partial charge in [-0.3, -0.25) is 9.59 Å². The minimum Gasteiger partial charge on any atom is -0.480 e. The molecule has 0 radical (unpaired) electrons. The van der Waals surface area contributed by atoms with Crippen LogP contribution in [-0.2, 0) is 27.2 Å². The molecule has 33 heavy (non-hydrogen) atoms. The Morgan fingerprint density at radius 2 is 1.52 bits per heavy atom. The summed E-state index contributed by atoms with van der Waals surface area (Å²) in [6.45, 7) is 0.358. The molecule has 0 spiro atoms. The summed E-state index contributed by atoms with van der Waals surface area (Å²) in [7, 11) is 0. The van der Waals surface area contributed by atoms with Crippen LogP contribution in [0.15, 0.2) is 72.8 Å². The fraction of sp³-hybridized carbons (Fsp3) is 0.269. The van der Waals surface area contributed by atoms with Crippen LogP contribution in [-0.4, -0.2) is 41.5 Å². The van der Waals surface area contributed by atoms with Crippen molar-refractivity contribution >= 4 is 28.6 Å². The van der Waals surface area contributed by atoms with Crippen LogP contribution < -0.4 is 16.4 Å².